The van der Waals surface area contributed by atoms with Crippen molar-refractivity contribution in [2.45, 2.75) is 18.8 Å². The summed E-state index contributed by atoms with van der Waals surface area (Å²) in [4.78, 5) is 12.7. The molecule has 0 bridgehead atoms. The van der Waals surface area contributed by atoms with Gasteiger partial charge in [-0.25, -0.2) is 0 Å². The maximum absolute atomic E-state index is 12.7. The Morgan fingerprint density at radius 1 is 0.868 bits per heavy atom. The molecule has 0 saturated heterocycles. The molecule has 8 nitrogen and oxygen atoms in total. The maximum atomic E-state index is 12.7. The molecule has 2 N–H and O–H groups in total. The van der Waals surface area contributed by atoms with Crippen molar-refractivity contribution in [3.63, 3.8) is 0 Å². The van der Waals surface area contributed by atoms with Crippen LogP contribution in [-0.2, 0) is 19.0 Å². The lowest BCUT2D eigenvalue weighted by molar-refractivity contribution is -0.118. The molecule has 3 rings (SSSR count). The standard InChI is InChI=1S/C30H35NO7/c1-33-16-17-36-21-37-30-26(34-2)18-22(19-27(30)35-3)14-15-25(32)20-28(31)38-29(23-10-6-4-7-11-23)24-12-8-5-9-13-24/h4-15,18-19,28-29H,16-17,20-21,31H2,1-3H3. The number of hydrogen-bond donors (Lipinski definition) is 1. The summed E-state index contributed by atoms with van der Waals surface area (Å²) in [6.45, 7) is 0.866. The molecule has 3 aromatic rings. The van der Waals surface area contributed by atoms with E-state index in [9.17, 15) is 4.79 Å². The van der Waals surface area contributed by atoms with Crippen molar-refractivity contribution < 1.29 is 33.2 Å². The topological polar surface area (TPSA) is 98.5 Å². The number of nitrogens with two attached hydrogens (primary N) is 1. The largest absolute Gasteiger partial charge is 0.493 e. The molecule has 0 aliphatic heterocycles. The second-order valence-electron chi connectivity index (χ2n) is 8.30. The van der Waals surface area contributed by atoms with Crippen molar-refractivity contribution in [2.75, 3.05) is 41.3 Å². The Morgan fingerprint density at radius 3 is 1.97 bits per heavy atom. The monoisotopic (exact) mass is 521 g/mol. The van der Waals surface area contributed by atoms with Crippen molar-refractivity contribution in [2.24, 2.45) is 5.73 Å². The molecular weight excluding hydrogens is 486 g/mol. The second-order valence-corrected chi connectivity index (χ2v) is 8.30. The van der Waals surface area contributed by atoms with Crippen LogP contribution in [0.2, 0.25) is 0 Å². The van der Waals surface area contributed by atoms with Gasteiger partial charge in [0, 0.05) is 13.5 Å². The van der Waals surface area contributed by atoms with Crippen LogP contribution in [0.5, 0.6) is 17.2 Å². The van der Waals surface area contributed by atoms with Crippen molar-refractivity contribution in [1.29, 1.82) is 0 Å². The predicted molar refractivity (Wildman–Crippen MR) is 145 cm³/mol. The van der Waals surface area contributed by atoms with E-state index in [2.05, 4.69) is 0 Å². The number of benzene rings is 3. The number of hydrogen-bond acceptors (Lipinski definition) is 8. The molecule has 3 aromatic carbocycles. The first-order valence-corrected chi connectivity index (χ1v) is 12.2. The van der Waals surface area contributed by atoms with E-state index in [-0.39, 0.29) is 25.1 Å². The summed E-state index contributed by atoms with van der Waals surface area (Å²) in [7, 11) is 4.65. The molecule has 202 valence electrons. The van der Waals surface area contributed by atoms with Gasteiger partial charge in [0.2, 0.25) is 5.75 Å². The Hall–Kier alpha value is -3.69. The van der Waals surface area contributed by atoms with Gasteiger partial charge in [0.15, 0.2) is 24.1 Å². The number of methoxy groups -OCH3 is 3. The van der Waals surface area contributed by atoms with Gasteiger partial charge in [-0.15, -0.1) is 0 Å². The lowest BCUT2D eigenvalue weighted by atomic mass is 10.0. The van der Waals surface area contributed by atoms with E-state index in [4.69, 9.17) is 34.2 Å². The van der Waals surface area contributed by atoms with Crippen LogP contribution in [0.25, 0.3) is 6.08 Å². The highest BCUT2D eigenvalue weighted by molar-refractivity contribution is 5.94. The number of carbonyl (C=O) groups is 1. The highest BCUT2D eigenvalue weighted by atomic mass is 16.7. The van der Waals surface area contributed by atoms with Gasteiger partial charge in [-0.05, 0) is 34.9 Å². The first kappa shape index (κ1) is 28.9. The fourth-order valence-corrected chi connectivity index (χ4v) is 3.72. The summed E-state index contributed by atoms with van der Waals surface area (Å²) in [5, 5.41) is 0. The van der Waals surface area contributed by atoms with Crippen LogP contribution in [0, 0.1) is 0 Å². The highest BCUT2D eigenvalue weighted by Gasteiger charge is 2.19. The van der Waals surface area contributed by atoms with Gasteiger partial charge in [-0.1, -0.05) is 66.7 Å². The Kier molecular flexibility index (Phi) is 11.8. The summed E-state index contributed by atoms with van der Waals surface area (Å²) in [5.41, 5.74) is 8.87. The van der Waals surface area contributed by atoms with Gasteiger partial charge in [0.25, 0.3) is 0 Å². The zero-order valence-electron chi connectivity index (χ0n) is 22.0. The Morgan fingerprint density at radius 2 is 1.45 bits per heavy atom. The van der Waals surface area contributed by atoms with E-state index in [0.717, 1.165) is 11.1 Å². The quantitative estimate of drug-likeness (QED) is 0.164. The molecule has 0 aliphatic carbocycles. The van der Waals surface area contributed by atoms with E-state index >= 15 is 0 Å². The zero-order chi connectivity index (χ0) is 27.2. The average molecular weight is 522 g/mol. The highest BCUT2D eigenvalue weighted by Crippen LogP contribution is 2.39. The number of carbonyl (C=O) groups excluding carboxylic acids is 1. The van der Waals surface area contributed by atoms with Crippen molar-refractivity contribution >= 4 is 11.9 Å². The van der Waals surface area contributed by atoms with Crippen molar-refractivity contribution in [3.05, 3.63) is 95.6 Å². The van der Waals surface area contributed by atoms with Crippen LogP contribution in [0.4, 0.5) is 0 Å². The molecule has 0 saturated carbocycles. The maximum Gasteiger partial charge on any atom is 0.206 e. The van der Waals surface area contributed by atoms with Crippen molar-refractivity contribution in [1.82, 2.24) is 0 Å². The summed E-state index contributed by atoms with van der Waals surface area (Å²) >= 11 is 0. The van der Waals surface area contributed by atoms with Crippen LogP contribution in [-0.4, -0.2) is 53.3 Å². The summed E-state index contributed by atoms with van der Waals surface area (Å²) in [5.74, 6) is 1.11. The molecule has 0 aliphatic rings. The first-order valence-electron chi connectivity index (χ1n) is 12.2. The van der Waals surface area contributed by atoms with E-state index < -0.39 is 6.23 Å². The molecule has 0 radical (unpaired) electrons. The van der Waals surface area contributed by atoms with Gasteiger partial charge in [0.05, 0.1) is 27.4 Å². The Bertz CT molecular complexity index is 1090. The molecule has 1 atom stereocenters. The molecular formula is C30H35NO7. The normalized spacial score (nSPS) is 12.0. The summed E-state index contributed by atoms with van der Waals surface area (Å²) in [6.07, 6.45) is 1.97. The second kappa shape index (κ2) is 15.5. The molecule has 1 unspecified atom stereocenters. The van der Waals surface area contributed by atoms with Crippen LogP contribution < -0.4 is 19.9 Å². The van der Waals surface area contributed by atoms with Gasteiger partial charge in [-0.3, -0.25) is 4.79 Å². The fourth-order valence-electron chi connectivity index (χ4n) is 3.72. The molecule has 0 spiro atoms. The molecule has 0 fully saturated rings. The Balaban J connectivity index is 1.65. The lowest BCUT2D eigenvalue weighted by Crippen LogP contribution is -2.29. The van der Waals surface area contributed by atoms with Gasteiger partial charge in [-0.2, -0.15) is 0 Å². The molecule has 38 heavy (non-hydrogen) atoms. The van der Waals surface area contributed by atoms with Crippen LogP contribution >= 0.6 is 0 Å². The fraction of sp³-hybridized carbons (Fsp3) is 0.300. The van der Waals surface area contributed by atoms with Crippen LogP contribution in [0.15, 0.2) is 78.9 Å². The zero-order valence-corrected chi connectivity index (χ0v) is 22.0. The molecule has 8 heteroatoms. The lowest BCUT2D eigenvalue weighted by Gasteiger charge is -2.23. The van der Waals surface area contributed by atoms with Gasteiger partial charge in [0.1, 0.15) is 12.3 Å². The minimum absolute atomic E-state index is 0.00853. The van der Waals surface area contributed by atoms with Crippen molar-refractivity contribution in [3.8, 4) is 17.2 Å². The number of ketones is 1. The number of rotatable bonds is 16. The minimum atomic E-state index is -0.796. The molecule has 0 heterocycles. The SMILES string of the molecule is COCCOCOc1c(OC)cc(C=CC(=O)CC(N)OC(c2ccccc2)c2ccccc2)cc1OC. The molecule has 0 aromatic heterocycles. The smallest absolute Gasteiger partial charge is 0.206 e. The first-order chi connectivity index (χ1) is 18.5. The van der Waals surface area contributed by atoms with E-state index in [1.54, 1.807) is 25.3 Å². The number of ether oxygens (including phenoxy) is 6. The third-order valence-electron chi connectivity index (χ3n) is 5.58. The van der Waals surface area contributed by atoms with E-state index in [0.29, 0.717) is 36.0 Å². The van der Waals surface area contributed by atoms with Gasteiger partial charge < -0.3 is 34.2 Å². The minimum Gasteiger partial charge on any atom is -0.493 e. The molecule has 0 amide bonds. The third-order valence-corrected chi connectivity index (χ3v) is 5.58. The van der Waals surface area contributed by atoms with E-state index in [1.165, 1.54) is 20.3 Å². The van der Waals surface area contributed by atoms with Gasteiger partial charge >= 0.3 is 0 Å². The van der Waals surface area contributed by atoms with E-state index in [1.807, 2.05) is 60.7 Å². The summed E-state index contributed by atoms with van der Waals surface area (Å²) in [6, 6.07) is 23.1. The third kappa shape index (κ3) is 8.71. The summed E-state index contributed by atoms with van der Waals surface area (Å²) < 4.78 is 33.1. The van der Waals surface area contributed by atoms with Crippen LogP contribution in [0.1, 0.15) is 29.2 Å². The average Bonchev–Trinajstić information content (AvgIpc) is 2.95. The Labute approximate surface area is 223 Å². The predicted octanol–water partition coefficient (Wildman–Crippen LogP) is 4.77. The van der Waals surface area contributed by atoms with Crippen LogP contribution in [0.3, 0.4) is 0 Å². The number of allylic oxidation sites excluding steroid dienone is 1.